The average molecular weight is 1130 g/mol. The van der Waals surface area contributed by atoms with Crippen molar-refractivity contribution in [2.75, 3.05) is 9.80 Å². The van der Waals surface area contributed by atoms with Gasteiger partial charge >= 0.3 is 0 Å². The van der Waals surface area contributed by atoms with Crippen molar-refractivity contribution in [2.24, 2.45) is 0 Å². The molecule has 4 nitrogen and oxygen atoms in total. The van der Waals surface area contributed by atoms with Crippen molar-refractivity contribution in [1.82, 2.24) is 9.97 Å². The molecule has 86 heavy (non-hydrogen) atoms. The molecule has 11 aromatic rings. The van der Waals surface area contributed by atoms with E-state index in [0.717, 1.165) is 104 Å². The molecule has 4 heterocycles. The fourth-order valence-electron chi connectivity index (χ4n) is 15.0. The number of hydrogen-bond donors (Lipinski definition) is 0. The van der Waals surface area contributed by atoms with E-state index in [0.29, 0.717) is 5.02 Å². The van der Waals surface area contributed by atoms with Gasteiger partial charge < -0.3 is 9.80 Å². The van der Waals surface area contributed by atoms with Crippen LogP contribution in [0.4, 0.5) is 34.1 Å². The Bertz CT molecular complexity index is 4090. The van der Waals surface area contributed by atoms with Crippen LogP contribution in [0, 0.1) is 0 Å². The van der Waals surface area contributed by atoms with Gasteiger partial charge in [0.2, 0.25) is 0 Å². The predicted molar refractivity (Wildman–Crippen MR) is 364 cm³/mol. The van der Waals surface area contributed by atoms with E-state index in [2.05, 4.69) is 296 Å². The highest BCUT2D eigenvalue weighted by atomic mass is 35.5. The first-order valence-electron chi connectivity index (χ1n) is 30.7. The van der Waals surface area contributed by atoms with E-state index in [1.807, 2.05) is 0 Å². The van der Waals surface area contributed by atoms with Crippen LogP contribution in [0.2, 0.25) is 5.02 Å². The highest BCUT2D eigenvalue weighted by Crippen LogP contribution is 2.55. The molecule has 0 atom stereocenters. The first-order chi connectivity index (χ1) is 41.5. The number of halogens is 1. The molecule has 4 aliphatic rings. The smallest absolute Gasteiger partial charge is 0.252 e. The summed E-state index contributed by atoms with van der Waals surface area (Å²) in [5, 5.41) is 0.638. The van der Waals surface area contributed by atoms with Gasteiger partial charge in [-0.25, -0.2) is 0 Å². The van der Waals surface area contributed by atoms with E-state index in [1.165, 1.54) is 60.9 Å². The van der Waals surface area contributed by atoms with Crippen LogP contribution in [-0.2, 0) is 21.7 Å². The summed E-state index contributed by atoms with van der Waals surface area (Å²) < 4.78 is 0. The molecule has 0 unspecified atom stereocenters. The third-order valence-electron chi connectivity index (χ3n) is 20.0. The van der Waals surface area contributed by atoms with Crippen LogP contribution in [-0.4, -0.2) is 16.7 Å². The van der Waals surface area contributed by atoms with Crippen LogP contribution in [0.15, 0.2) is 231 Å². The zero-order valence-electron chi connectivity index (χ0n) is 50.5. The van der Waals surface area contributed by atoms with Gasteiger partial charge in [0, 0.05) is 74.8 Å². The van der Waals surface area contributed by atoms with Crippen molar-refractivity contribution in [3.63, 3.8) is 0 Å². The first-order valence-corrected chi connectivity index (χ1v) is 31.1. The summed E-state index contributed by atoms with van der Waals surface area (Å²) in [4.78, 5) is 15.3. The summed E-state index contributed by atoms with van der Waals surface area (Å²) in [6.45, 7) is 19.2. The maximum Gasteiger partial charge on any atom is 0.252 e. The highest BCUT2D eigenvalue weighted by molar-refractivity contribution is 7.00. The predicted octanol–water partition coefficient (Wildman–Crippen LogP) is 19.9. The maximum atomic E-state index is 7.93. The molecule has 0 spiro atoms. The summed E-state index contributed by atoms with van der Waals surface area (Å²) in [7, 11) is 0. The van der Waals surface area contributed by atoms with E-state index in [9.17, 15) is 0 Å². The van der Waals surface area contributed by atoms with Crippen molar-refractivity contribution in [3.8, 4) is 66.8 Å². The van der Waals surface area contributed by atoms with Gasteiger partial charge in [0.25, 0.3) is 6.71 Å². The van der Waals surface area contributed by atoms with E-state index in [1.54, 1.807) is 0 Å². The average Bonchev–Trinajstić information content (AvgIpc) is 0.714. The number of benzene rings is 9. The zero-order chi connectivity index (χ0) is 58.9. The molecular formula is C80H70BClN4. The van der Waals surface area contributed by atoms with Crippen molar-refractivity contribution < 1.29 is 0 Å². The fourth-order valence-corrected chi connectivity index (χ4v) is 15.2. The monoisotopic (exact) mass is 1130 g/mol. The van der Waals surface area contributed by atoms with Crippen LogP contribution in [0.5, 0.6) is 0 Å². The Morgan fingerprint density at radius 1 is 0.326 bits per heavy atom. The second-order valence-electron chi connectivity index (χ2n) is 27.2. The standard InChI is InChI=1S/C80H70BClN4/c1-77(2)37-39-79(5,6)66-41-55(29-33-64(66)77)57-31-35-68-70(43-57)85(75-60(51-21-13-9-14-22-51)47-83-48-61(75)52-23-15-10-16-24-52)72-45-59(82)46-73-74(72)81(68)69-36-32-58(56-30-34-65-67(42-56)80(7,8)40-38-78(65,3)4)44-71(69)86(73)76-62(53-25-17-11-18-26-53)49-84-50-63(76)54-27-19-12-20-28-54/h9-36,41-50H,37-40H2,1-8H3. The summed E-state index contributed by atoms with van der Waals surface area (Å²) in [5.74, 6) is 0. The number of anilines is 6. The fraction of sp³-hybridized carbons (Fsp3) is 0.200. The van der Waals surface area contributed by atoms with Gasteiger partial charge in [-0.05, 0) is 155 Å². The Balaban J connectivity index is 1.06. The maximum absolute atomic E-state index is 7.93. The lowest BCUT2D eigenvalue weighted by Crippen LogP contribution is -2.61. The van der Waals surface area contributed by atoms with Gasteiger partial charge in [-0.1, -0.05) is 249 Å². The normalized spacial score (nSPS) is 16.3. The molecule has 2 aromatic heterocycles. The second-order valence-corrected chi connectivity index (χ2v) is 27.6. The number of rotatable bonds is 8. The summed E-state index contributed by atoms with van der Waals surface area (Å²) >= 11 is 7.93. The Kier molecular flexibility index (Phi) is 12.7. The molecule has 420 valence electrons. The molecule has 0 radical (unpaired) electrons. The minimum atomic E-state index is -0.200. The van der Waals surface area contributed by atoms with Gasteiger partial charge in [-0.2, -0.15) is 0 Å². The van der Waals surface area contributed by atoms with Crippen LogP contribution in [0.25, 0.3) is 66.8 Å². The van der Waals surface area contributed by atoms with Gasteiger partial charge in [0.05, 0.1) is 11.4 Å². The van der Waals surface area contributed by atoms with E-state index < -0.39 is 0 Å². The Morgan fingerprint density at radius 2 is 0.628 bits per heavy atom. The number of nitrogens with zero attached hydrogens (tertiary/aromatic N) is 4. The molecule has 0 saturated carbocycles. The molecule has 2 aliphatic carbocycles. The van der Waals surface area contributed by atoms with Crippen molar-refractivity contribution in [3.05, 3.63) is 258 Å². The second kappa shape index (κ2) is 20.2. The molecule has 0 N–H and O–H groups in total. The Morgan fingerprint density at radius 3 is 0.965 bits per heavy atom. The lowest BCUT2D eigenvalue weighted by Gasteiger charge is -2.46. The SMILES string of the molecule is CC1(C)CCC(C)(C)c2cc(-c3ccc4c(c3)N(c3c(-c5ccccc5)cncc3-c3ccccc3)c3cc(Cl)cc5c3B4c3ccc(-c4ccc6c(c4)C(C)(C)CCC6(C)C)cc3N5c3c(-c4ccccc4)cncc3-c3ccccc3)ccc21. The largest absolute Gasteiger partial charge is 0.310 e. The highest BCUT2D eigenvalue weighted by Gasteiger charge is 2.46. The third kappa shape index (κ3) is 8.79. The zero-order valence-corrected chi connectivity index (χ0v) is 51.3. The minimum absolute atomic E-state index is 0.0391. The number of pyridine rings is 2. The number of hydrogen-bond acceptors (Lipinski definition) is 4. The van der Waals surface area contributed by atoms with E-state index >= 15 is 0 Å². The van der Waals surface area contributed by atoms with Gasteiger partial charge in [-0.3, -0.25) is 9.97 Å². The van der Waals surface area contributed by atoms with Crippen LogP contribution in [0.3, 0.4) is 0 Å². The van der Waals surface area contributed by atoms with E-state index in [-0.39, 0.29) is 28.4 Å². The first kappa shape index (κ1) is 53.9. The number of fused-ring (bicyclic) bond motifs is 6. The van der Waals surface area contributed by atoms with Crippen LogP contribution in [0.1, 0.15) is 103 Å². The van der Waals surface area contributed by atoms with E-state index in [4.69, 9.17) is 21.6 Å². The quantitative estimate of drug-likeness (QED) is 0.142. The molecule has 2 aliphatic heterocycles. The van der Waals surface area contributed by atoms with Gasteiger partial charge in [-0.15, -0.1) is 0 Å². The molecule has 9 aromatic carbocycles. The summed E-state index contributed by atoms with van der Waals surface area (Å²) in [6.07, 6.45) is 12.8. The lowest BCUT2D eigenvalue weighted by atomic mass is 9.33. The molecular weight excluding hydrogens is 1060 g/mol. The van der Waals surface area contributed by atoms with Gasteiger partial charge in [0.15, 0.2) is 0 Å². The van der Waals surface area contributed by atoms with Crippen molar-refractivity contribution in [2.45, 2.75) is 103 Å². The molecule has 0 amide bonds. The molecule has 0 saturated heterocycles. The summed E-state index contributed by atoms with van der Waals surface area (Å²) in [5.41, 5.74) is 29.2. The lowest BCUT2D eigenvalue weighted by molar-refractivity contribution is 0.332. The Labute approximate surface area is 513 Å². The van der Waals surface area contributed by atoms with Crippen molar-refractivity contribution >= 4 is 68.8 Å². The van der Waals surface area contributed by atoms with Crippen LogP contribution < -0.4 is 26.2 Å². The number of aromatic nitrogens is 2. The topological polar surface area (TPSA) is 32.3 Å². The molecule has 0 fully saturated rings. The minimum Gasteiger partial charge on any atom is -0.310 e. The molecule has 0 bridgehead atoms. The van der Waals surface area contributed by atoms with Gasteiger partial charge in [0.1, 0.15) is 0 Å². The molecule has 6 heteroatoms. The van der Waals surface area contributed by atoms with Crippen molar-refractivity contribution in [1.29, 1.82) is 0 Å². The van der Waals surface area contributed by atoms with Crippen LogP contribution >= 0.6 is 11.6 Å². The summed E-state index contributed by atoms with van der Waals surface area (Å²) in [6, 6.07) is 76.8. The molecule has 15 rings (SSSR count). The third-order valence-corrected chi connectivity index (χ3v) is 20.2. The Hall–Kier alpha value is -8.77.